The van der Waals surface area contributed by atoms with Gasteiger partial charge in [0.05, 0.1) is 12.2 Å². The van der Waals surface area contributed by atoms with Crippen LogP contribution in [0.3, 0.4) is 0 Å². The summed E-state index contributed by atoms with van der Waals surface area (Å²) in [5.74, 6) is 0.411. The molecule has 1 aromatic carbocycles. The monoisotopic (exact) mass is 278 g/mol. The molecule has 0 atom stereocenters. The zero-order valence-electron chi connectivity index (χ0n) is 12.0. The van der Waals surface area contributed by atoms with Gasteiger partial charge in [-0.2, -0.15) is 0 Å². The molecule has 0 spiro atoms. The number of ether oxygens (including phenoxy) is 3. The van der Waals surface area contributed by atoms with Crippen molar-refractivity contribution in [2.45, 2.75) is 38.2 Å². The van der Waals surface area contributed by atoms with E-state index in [4.69, 9.17) is 14.2 Å². The zero-order chi connectivity index (χ0) is 14.2. The second-order valence-corrected chi connectivity index (χ2v) is 5.03. The molecule has 2 rings (SSSR count). The average Bonchev–Trinajstić information content (AvgIpc) is 2.49. The number of hydrogen-bond acceptors (Lipinski definition) is 4. The Morgan fingerprint density at radius 2 is 2.00 bits per heavy atom. The molecule has 0 heterocycles. The van der Waals surface area contributed by atoms with E-state index in [0.29, 0.717) is 24.5 Å². The fraction of sp³-hybridized carbons (Fsp3) is 0.562. The Hall–Kier alpha value is -1.55. The molecule has 1 fully saturated rings. The molecule has 1 saturated carbocycles. The van der Waals surface area contributed by atoms with E-state index in [0.717, 1.165) is 25.7 Å². The van der Waals surface area contributed by atoms with Gasteiger partial charge in [-0.05, 0) is 43.9 Å². The predicted octanol–water partition coefficient (Wildman–Crippen LogP) is 3.20. The van der Waals surface area contributed by atoms with Gasteiger partial charge in [0.25, 0.3) is 0 Å². The van der Waals surface area contributed by atoms with Crippen LogP contribution in [0.2, 0.25) is 0 Å². The smallest absolute Gasteiger partial charge is 0.338 e. The van der Waals surface area contributed by atoms with E-state index in [2.05, 4.69) is 0 Å². The van der Waals surface area contributed by atoms with E-state index in [1.165, 1.54) is 6.42 Å². The SMILES string of the molecule is COCCOc1cccc(C(=O)OC2CCCCC2)c1. The van der Waals surface area contributed by atoms with Gasteiger partial charge in [-0.1, -0.05) is 12.5 Å². The first-order valence-electron chi connectivity index (χ1n) is 7.22. The molecule has 0 unspecified atom stereocenters. The van der Waals surface area contributed by atoms with Crippen LogP contribution in [0.25, 0.3) is 0 Å². The summed E-state index contributed by atoms with van der Waals surface area (Å²) in [4.78, 5) is 12.1. The van der Waals surface area contributed by atoms with Crippen molar-refractivity contribution in [1.29, 1.82) is 0 Å². The van der Waals surface area contributed by atoms with Gasteiger partial charge in [0.2, 0.25) is 0 Å². The van der Waals surface area contributed by atoms with Crippen molar-refractivity contribution >= 4 is 5.97 Å². The fourth-order valence-corrected chi connectivity index (χ4v) is 2.36. The Balaban J connectivity index is 1.89. The summed E-state index contributed by atoms with van der Waals surface area (Å²) in [6.45, 7) is 0.994. The molecule has 0 N–H and O–H groups in total. The molecule has 4 nitrogen and oxygen atoms in total. The maximum Gasteiger partial charge on any atom is 0.338 e. The normalized spacial score (nSPS) is 15.8. The third-order valence-corrected chi connectivity index (χ3v) is 3.45. The summed E-state index contributed by atoms with van der Waals surface area (Å²) in [6.07, 6.45) is 5.59. The number of methoxy groups -OCH3 is 1. The Morgan fingerprint density at radius 1 is 1.20 bits per heavy atom. The van der Waals surface area contributed by atoms with Gasteiger partial charge in [0, 0.05) is 7.11 Å². The van der Waals surface area contributed by atoms with Gasteiger partial charge >= 0.3 is 5.97 Å². The van der Waals surface area contributed by atoms with Crippen molar-refractivity contribution in [2.75, 3.05) is 20.3 Å². The molecular formula is C16H22O4. The summed E-state index contributed by atoms with van der Waals surface area (Å²) >= 11 is 0. The Bertz CT molecular complexity index is 424. The highest BCUT2D eigenvalue weighted by Crippen LogP contribution is 2.22. The quantitative estimate of drug-likeness (QED) is 0.592. The number of rotatable bonds is 6. The molecule has 20 heavy (non-hydrogen) atoms. The number of hydrogen-bond donors (Lipinski definition) is 0. The van der Waals surface area contributed by atoms with Crippen molar-refractivity contribution in [3.8, 4) is 5.75 Å². The average molecular weight is 278 g/mol. The molecule has 1 aromatic rings. The molecule has 0 bridgehead atoms. The third kappa shape index (κ3) is 4.53. The van der Waals surface area contributed by atoms with Crippen LogP contribution in [0, 0.1) is 0 Å². The topological polar surface area (TPSA) is 44.8 Å². The van der Waals surface area contributed by atoms with Crippen LogP contribution in [0.4, 0.5) is 0 Å². The molecule has 1 aliphatic rings. The first kappa shape index (κ1) is 14.9. The summed E-state index contributed by atoms with van der Waals surface area (Å²) < 4.78 is 16.0. The van der Waals surface area contributed by atoms with Gasteiger partial charge in [-0.25, -0.2) is 4.79 Å². The van der Waals surface area contributed by atoms with Crippen LogP contribution >= 0.6 is 0 Å². The number of carbonyl (C=O) groups is 1. The minimum atomic E-state index is -0.255. The number of esters is 1. The summed E-state index contributed by atoms with van der Waals surface area (Å²) in [7, 11) is 1.63. The predicted molar refractivity (Wildman–Crippen MR) is 76.1 cm³/mol. The number of carbonyl (C=O) groups excluding carboxylic acids is 1. The highest BCUT2D eigenvalue weighted by atomic mass is 16.5. The van der Waals surface area contributed by atoms with E-state index in [1.807, 2.05) is 6.07 Å². The Morgan fingerprint density at radius 3 is 2.75 bits per heavy atom. The van der Waals surface area contributed by atoms with Crippen molar-refractivity contribution in [3.63, 3.8) is 0 Å². The van der Waals surface area contributed by atoms with E-state index in [-0.39, 0.29) is 12.1 Å². The van der Waals surface area contributed by atoms with Gasteiger partial charge in [-0.15, -0.1) is 0 Å². The van der Waals surface area contributed by atoms with E-state index in [1.54, 1.807) is 25.3 Å². The van der Waals surface area contributed by atoms with Crippen LogP contribution in [0.1, 0.15) is 42.5 Å². The fourth-order valence-electron chi connectivity index (χ4n) is 2.36. The minimum absolute atomic E-state index is 0.0781. The molecule has 4 heteroatoms. The minimum Gasteiger partial charge on any atom is -0.491 e. The standard InChI is InChI=1S/C16H22O4/c1-18-10-11-19-15-9-5-6-13(12-15)16(17)20-14-7-3-2-4-8-14/h5-6,9,12,14H,2-4,7-8,10-11H2,1H3. The molecule has 0 aromatic heterocycles. The molecule has 1 aliphatic carbocycles. The molecule has 0 radical (unpaired) electrons. The van der Waals surface area contributed by atoms with Crippen molar-refractivity contribution in [1.82, 2.24) is 0 Å². The lowest BCUT2D eigenvalue weighted by molar-refractivity contribution is 0.0210. The van der Waals surface area contributed by atoms with Gasteiger partial charge in [-0.3, -0.25) is 0 Å². The molecule has 0 saturated heterocycles. The lowest BCUT2D eigenvalue weighted by atomic mass is 9.98. The third-order valence-electron chi connectivity index (χ3n) is 3.45. The van der Waals surface area contributed by atoms with E-state index < -0.39 is 0 Å². The highest BCUT2D eigenvalue weighted by Gasteiger charge is 2.18. The number of benzene rings is 1. The molecule has 0 amide bonds. The molecule has 0 aliphatic heterocycles. The highest BCUT2D eigenvalue weighted by molar-refractivity contribution is 5.89. The van der Waals surface area contributed by atoms with E-state index in [9.17, 15) is 4.79 Å². The van der Waals surface area contributed by atoms with Gasteiger partial charge in [0.15, 0.2) is 0 Å². The second-order valence-electron chi connectivity index (χ2n) is 5.03. The Kier molecular flexibility index (Phi) is 5.87. The van der Waals surface area contributed by atoms with Crippen LogP contribution in [-0.4, -0.2) is 32.4 Å². The first-order chi connectivity index (χ1) is 9.79. The van der Waals surface area contributed by atoms with Gasteiger partial charge in [0.1, 0.15) is 18.5 Å². The van der Waals surface area contributed by atoms with Crippen molar-refractivity contribution < 1.29 is 19.0 Å². The van der Waals surface area contributed by atoms with E-state index >= 15 is 0 Å². The molecular weight excluding hydrogens is 256 g/mol. The summed E-state index contributed by atoms with van der Waals surface area (Å²) in [6, 6.07) is 7.11. The zero-order valence-corrected chi connectivity index (χ0v) is 12.0. The maximum absolute atomic E-state index is 12.1. The maximum atomic E-state index is 12.1. The first-order valence-corrected chi connectivity index (χ1v) is 7.22. The van der Waals surface area contributed by atoms with Crippen LogP contribution in [0.5, 0.6) is 5.75 Å². The van der Waals surface area contributed by atoms with Crippen molar-refractivity contribution in [3.05, 3.63) is 29.8 Å². The lowest BCUT2D eigenvalue weighted by Crippen LogP contribution is -2.20. The van der Waals surface area contributed by atoms with Crippen LogP contribution in [-0.2, 0) is 9.47 Å². The largest absolute Gasteiger partial charge is 0.491 e. The second kappa shape index (κ2) is 7.90. The van der Waals surface area contributed by atoms with Crippen LogP contribution in [0.15, 0.2) is 24.3 Å². The molecule has 110 valence electrons. The van der Waals surface area contributed by atoms with Gasteiger partial charge < -0.3 is 14.2 Å². The summed E-state index contributed by atoms with van der Waals surface area (Å²) in [5, 5.41) is 0. The van der Waals surface area contributed by atoms with Crippen LogP contribution < -0.4 is 4.74 Å². The lowest BCUT2D eigenvalue weighted by Gasteiger charge is -2.21. The van der Waals surface area contributed by atoms with Crippen molar-refractivity contribution in [2.24, 2.45) is 0 Å². The Labute approximate surface area is 120 Å². The summed E-state index contributed by atoms with van der Waals surface area (Å²) in [5.41, 5.74) is 0.547.